The number of carbonyl (C=O) groups is 1. The number of carbonyl (C=O) groups excluding carboxylic acids is 1. The molecule has 0 aliphatic heterocycles. The number of nitrogens with one attached hydrogen (secondary N) is 2. The highest BCUT2D eigenvalue weighted by atomic mass is 35.5. The zero-order valence-electron chi connectivity index (χ0n) is 15.0. The maximum Gasteiger partial charge on any atom is 0.255 e. The van der Waals surface area contributed by atoms with E-state index in [1.54, 1.807) is 24.4 Å². The largest absolute Gasteiger partial charge is 0.330 e. The minimum absolute atomic E-state index is 0. The number of hydrogen-bond acceptors (Lipinski definition) is 5. The van der Waals surface area contributed by atoms with Gasteiger partial charge < -0.3 is 10.6 Å². The Labute approximate surface area is 183 Å². The quantitative estimate of drug-likeness (QED) is 0.357. The van der Waals surface area contributed by atoms with Crippen molar-refractivity contribution < 1.29 is 4.79 Å². The van der Waals surface area contributed by atoms with Crippen LogP contribution in [0.2, 0.25) is 5.15 Å². The molecule has 0 fully saturated rings. The van der Waals surface area contributed by atoms with Gasteiger partial charge in [-0.05, 0) is 36.4 Å². The summed E-state index contributed by atoms with van der Waals surface area (Å²) in [6.07, 6.45) is 1.66. The van der Waals surface area contributed by atoms with Crippen LogP contribution in [0, 0.1) is 0 Å². The van der Waals surface area contributed by atoms with Gasteiger partial charge in [-0.2, -0.15) is 0 Å². The van der Waals surface area contributed by atoms with Gasteiger partial charge >= 0.3 is 0 Å². The first-order valence-corrected chi connectivity index (χ1v) is 9.74. The molecule has 0 aliphatic rings. The molecule has 0 atom stereocenters. The summed E-state index contributed by atoms with van der Waals surface area (Å²) < 4.78 is 0. The van der Waals surface area contributed by atoms with Gasteiger partial charge in [0.05, 0.1) is 17.6 Å². The Morgan fingerprint density at radius 1 is 0.931 bits per heavy atom. The minimum Gasteiger partial charge on any atom is -0.330 e. The first-order valence-electron chi connectivity index (χ1n) is 8.48. The Kier molecular flexibility index (Phi) is 6.82. The van der Waals surface area contributed by atoms with Crippen molar-refractivity contribution in [2.75, 3.05) is 10.6 Å². The van der Waals surface area contributed by atoms with Crippen LogP contribution in [0.15, 0.2) is 78.3 Å². The summed E-state index contributed by atoms with van der Waals surface area (Å²) in [5, 5.41) is 9.29. The molecule has 0 unspecified atom stereocenters. The molecular weight excluding hydrogens is 427 g/mol. The fraction of sp³-hybridized carbons (Fsp3) is 0. The average Bonchev–Trinajstić information content (AvgIpc) is 3.19. The lowest BCUT2D eigenvalue weighted by molar-refractivity contribution is 0.102. The molecule has 0 spiro atoms. The topological polar surface area (TPSA) is 66.9 Å². The molecule has 29 heavy (non-hydrogen) atoms. The van der Waals surface area contributed by atoms with Crippen molar-refractivity contribution in [2.45, 2.75) is 0 Å². The molecule has 2 aromatic carbocycles. The van der Waals surface area contributed by atoms with Crippen molar-refractivity contribution in [3.8, 4) is 11.3 Å². The minimum atomic E-state index is -0.134. The number of anilines is 3. The van der Waals surface area contributed by atoms with Gasteiger partial charge in [-0.3, -0.25) is 4.79 Å². The van der Waals surface area contributed by atoms with E-state index in [4.69, 9.17) is 11.6 Å². The van der Waals surface area contributed by atoms with Crippen molar-refractivity contribution >= 4 is 57.8 Å². The molecule has 2 heterocycles. The second-order valence-corrected chi connectivity index (χ2v) is 7.18. The lowest BCUT2D eigenvalue weighted by Gasteiger charge is -2.06. The predicted molar refractivity (Wildman–Crippen MR) is 122 cm³/mol. The van der Waals surface area contributed by atoms with Crippen LogP contribution in [-0.4, -0.2) is 15.9 Å². The summed E-state index contributed by atoms with van der Waals surface area (Å²) in [4.78, 5) is 20.9. The molecule has 5 nitrogen and oxygen atoms in total. The average molecular weight is 443 g/mol. The van der Waals surface area contributed by atoms with E-state index in [-0.39, 0.29) is 18.3 Å². The maximum atomic E-state index is 12.2. The molecule has 0 aliphatic carbocycles. The van der Waals surface area contributed by atoms with Crippen molar-refractivity contribution in [3.05, 3.63) is 89.0 Å². The molecule has 4 rings (SSSR count). The Morgan fingerprint density at radius 3 is 2.34 bits per heavy atom. The molecule has 0 bridgehead atoms. The third kappa shape index (κ3) is 5.32. The van der Waals surface area contributed by atoms with Crippen molar-refractivity contribution in [3.63, 3.8) is 0 Å². The van der Waals surface area contributed by atoms with Crippen LogP contribution in [0.4, 0.5) is 16.5 Å². The molecule has 2 aromatic heterocycles. The molecule has 2 N–H and O–H groups in total. The molecule has 8 heteroatoms. The monoisotopic (exact) mass is 442 g/mol. The van der Waals surface area contributed by atoms with Crippen LogP contribution in [0.25, 0.3) is 11.3 Å². The van der Waals surface area contributed by atoms with E-state index in [0.717, 1.165) is 27.8 Å². The van der Waals surface area contributed by atoms with E-state index >= 15 is 0 Å². The third-order valence-electron chi connectivity index (χ3n) is 3.96. The van der Waals surface area contributed by atoms with E-state index in [1.807, 2.05) is 53.9 Å². The molecular formula is C21H16Cl2N4OS. The fourth-order valence-electron chi connectivity index (χ4n) is 2.55. The van der Waals surface area contributed by atoms with Crippen molar-refractivity contribution in [1.29, 1.82) is 0 Å². The van der Waals surface area contributed by atoms with Crippen LogP contribution in [0.1, 0.15) is 10.4 Å². The second-order valence-electron chi connectivity index (χ2n) is 5.93. The molecule has 146 valence electrons. The number of hydrogen-bond donors (Lipinski definition) is 2. The second kappa shape index (κ2) is 9.52. The summed E-state index contributed by atoms with van der Waals surface area (Å²) in [5.41, 5.74) is 4.01. The standard InChI is InChI=1S/C21H15ClN4OS.ClH/c22-19-11-10-17(12-23-19)25-21-26-18(13-28-21)14-6-8-16(9-7-14)24-20(27)15-4-2-1-3-5-15;/h1-13H,(H,24,27)(H,25,26);1H. The van der Waals surface area contributed by atoms with Gasteiger partial charge in [-0.15, -0.1) is 23.7 Å². The molecule has 0 saturated carbocycles. The van der Waals surface area contributed by atoms with Crippen molar-refractivity contribution in [2.24, 2.45) is 0 Å². The summed E-state index contributed by atoms with van der Waals surface area (Å²) in [6.45, 7) is 0. The highest BCUT2D eigenvalue weighted by Crippen LogP contribution is 2.28. The van der Waals surface area contributed by atoms with E-state index in [9.17, 15) is 4.79 Å². The van der Waals surface area contributed by atoms with Crippen LogP contribution in [0.5, 0.6) is 0 Å². The first-order chi connectivity index (χ1) is 13.7. The normalized spacial score (nSPS) is 10.1. The number of amides is 1. The van der Waals surface area contributed by atoms with Crippen LogP contribution >= 0.6 is 35.3 Å². The van der Waals surface area contributed by atoms with Crippen LogP contribution < -0.4 is 10.6 Å². The Balaban J connectivity index is 0.00000240. The number of pyridine rings is 1. The van der Waals surface area contributed by atoms with Gasteiger partial charge in [-0.25, -0.2) is 9.97 Å². The highest BCUT2D eigenvalue weighted by Gasteiger charge is 2.08. The molecule has 0 radical (unpaired) electrons. The molecule has 0 saturated heterocycles. The first kappa shape index (κ1) is 20.8. The Morgan fingerprint density at radius 2 is 1.66 bits per heavy atom. The summed E-state index contributed by atoms with van der Waals surface area (Å²) in [6, 6.07) is 20.3. The highest BCUT2D eigenvalue weighted by molar-refractivity contribution is 7.14. The van der Waals surface area contributed by atoms with Gasteiger partial charge in [0.1, 0.15) is 5.15 Å². The number of thiazole rings is 1. The predicted octanol–water partition coefficient (Wildman–Crippen LogP) is 6.28. The number of nitrogens with zero attached hydrogens (tertiary/aromatic N) is 2. The maximum absolute atomic E-state index is 12.2. The zero-order valence-corrected chi connectivity index (χ0v) is 17.4. The summed E-state index contributed by atoms with van der Waals surface area (Å²) in [7, 11) is 0. The molecule has 4 aromatic rings. The van der Waals surface area contributed by atoms with Gasteiger partial charge in [0.15, 0.2) is 5.13 Å². The Bertz CT molecular complexity index is 1080. The van der Waals surface area contributed by atoms with Crippen LogP contribution in [0.3, 0.4) is 0 Å². The SMILES string of the molecule is Cl.O=C(Nc1ccc(-c2csc(Nc3ccc(Cl)nc3)n2)cc1)c1ccccc1. The lowest BCUT2D eigenvalue weighted by Crippen LogP contribution is -2.11. The number of benzene rings is 2. The van der Waals surface area contributed by atoms with Gasteiger partial charge in [-0.1, -0.05) is 41.9 Å². The van der Waals surface area contributed by atoms with Gasteiger partial charge in [0.2, 0.25) is 0 Å². The number of halogens is 2. The van der Waals surface area contributed by atoms with E-state index in [0.29, 0.717) is 10.7 Å². The van der Waals surface area contributed by atoms with Gasteiger partial charge in [0, 0.05) is 22.2 Å². The lowest BCUT2D eigenvalue weighted by atomic mass is 10.1. The van der Waals surface area contributed by atoms with Crippen LogP contribution in [-0.2, 0) is 0 Å². The third-order valence-corrected chi connectivity index (χ3v) is 4.94. The smallest absolute Gasteiger partial charge is 0.255 e. The van der Waals surface area contributed by atoms with Crippen molar-refractivity contribution in [1.82, 2.24) is 9.97 Å². The van der Waals surface area contributed by atoms with E-state index < -0.39 is 0 Å². The van der Waals surface area contributed by atoms with Gasteiger partial charge in [0.25, 0.3) is 5.91 Å². The zero-order chi connectivity index (χ0) is 19.3. The number of rotatable bonds is 5. The fourth-order valence-corrected chi connectivity index (χ4v) is 3.41. The summed E-state index contributed by atoms with van der Waals surface area (Å²) in [5.74, 6) is -0.134. The Hall–Kier alpha value is -2.93. The van der Waals surface area contributed by atoms with E-state index in [1.165, 1.54) is 11.3 Å². The summed E-state index contributed by atoms with van der Waals surface area (Å²) >= 11 is 7.30. The van der Waals surface area contributed by atoms with E-state index in [2.05, 4.69) is 20.6 Å². The number of aromatic nitrogens is 2. The molecule has 1 amide bonds.